The molecule has 24 heavy (non-hydrogen) atoms. The second kappa shape index (κ2) is 5.88. The van der Waals surface area contributed by atoms with Gasteiger partial charge in [0.05, 0.1) is 5.69 Å². The van der Waals surface area contributed by atoms with Crippen molar-refractivity contribution in [1.29, 1.82) is 0 Å². The summed E-state index contributed by atoms with van der Waals surface area (Å²) in [5.41, 5.74) is 0.414. The van der Waals surface area contributed by atoms with E-state index >= 15 is 0 Å². The van der Waals surface area contributed by atoms with Gasteiger partial charge in [-0.25, -0.2) is 4.79 Å². The Hall–Kier alpha value is -3.02. The fraction of sp³-hybridized carbons (Fsp3) is 0.222. The summed E-state index contributed by atoms with van der Waals surface area (Å²) in [5.74, 6) is 1.20. The maximum atomic E-state index is 12.2. The quantitative estimate of drug-likeness (QED) is 0.648. The second-order valence-electron chi connectivity index (χ2n) is 6.58. The fourth-order valence-electron chi connectivity index (χ4n) is 2.36. The lowest BCUT2D eigenvalue weighted by molar-refractivity contribution is 0.262. The van der Waals surface area contributed by atoms with Crippen LogP contribution in [0.1, 0.15) is 26.5 Å². The highest BCUT2D eigenvalue weighted by atomic mass is 16.5. The first kappa shape index (κ1) is 15.9. The Morgan fingerprint density at radius 2 is 1.79 bits per heavy atom. The van der Waals surface area contributed by atoms with Gasteiger partial charge in [0.1, 0.15) is 11.5 Å². The van der Waals surface area contributed by atoms with E-state index in [-0.39, 0.29) is 11.2 Å². The molecule has 2 aromatic carbocycles. The van der Waals surface area contributed by atoms with Gasteiger partial charge >= 0.3 is 6.03 Å². The first-order chi connectivity index (χ1) is 11.3. The Morgan fingerprint density at radius 1 is 1.08 bits per heavy atom. The molecule has 0 atom stereocenters. The molecule has 0 radical (unpaired) electrons. The summed E-state index contributed by atoms with van der Waals surface area (Å²) in [7, 11) is 0. The number of benzene rings is 2. The number of amides is 2. The third-order valence-electron chi connectivity index (χ3n) is 3.64. The third-order valence-corrected chi connectivity index (χ3v) is 3.64. The first-order valence-corrected chi connectivity index (χ1v) is 7.60. The van der Waals surface area contributed by atoms with Crippen LogP contribution < -0.4 is 10.6 Å². The Labute approximate surface area is 139 Å². The SMILES string of the molecule is CC(C)(C)c1cc(NC(=O)Nc2cccc3c(O)cccc23)no1. The molecule has 6 nitrogen and oxygen atoms in total. The number of fused-ring (bicyclic) bond motifs is 1. The van der Waals surface area contributed by atoms with Crippen LogP contribution in [0.5, 0.6) is 5.75 Å². The van der Waals surface area contributed by atoms with Crippen LogP contribution in [0, 0.1) is 0 Å². The zero-order chi connectivity index (χ0) is 17.3. The molecule has 2 amide bonds. The van der Waals surface area contributed by atoms with Gasteiger partial charge in [0.2, 0.25) is 0 Å². The lowest BCUT2D eigenvalue weighted by atomic mass is 9.93. The van der Waals surface area contributed by atoms with Gasteiger partial charge in [-0.2, -0.15) is 0 Å². The molecule has 0 aliphatic rings. The van der Waals surface area contributed by atoms with Gasteiger partial charge in [-0.15, -0.1) is 0 Å². The normalized spacial score (nSPS) is 11.5. The molecule has 6 heteroatoms. The summed E-state index contributed by atoms with van der Waals surface area (Å²) in [6, 6.07) is 11.8. The average molecular weight is 325 g/mol. The van der Waals surface area contributed by atoms with E-state index in [0.29, 0.717) is 22.7 Å². The van der Waals surface area contributed by atoms with E-state index in [1.54, 1.807) is 36.4 Å². The van der Waals surface area contributed by atoms with E-state index < -0.39 is 6.03 Å². The first-order valence-electron chi connectivity index (χ1n) is 7.60. The maximum absolute atomic E-state index is 12.2. The van der Waals surface area contributed by atoms with Gasteiger partial charge in [-0.05, 0) is 12.1 Å². The number of aromatic nitrogens is 1. The molecule has 0 spiro atoms. The van der Waals surface area contributed by atoms with E-state index in [1.807, 2.05) is 26.8 Å². The van der Waals surface area contributed by atoms with Gasteiger partial charge in [-0.1, -0.05) is 50.2 Å². The van der Waals surface area contributed by atoms with Crippen LogP contribution in [0.25, 0.3) is 10.8 Å². The number of hydrogen-bond acceptors (Lipinski definition) is 4. The molecule has 0 aliphatic carbocycles. The van der Waals surface area contributed by atoms with Crippen LogP contribution in [0.15, 0.2) is 47.0 Å². The Kier molecular flexibility index (Phi) is 3.89. The molecular formula is C18H19N3O3. The van der Waals surface area contributed by atoms with E-state index in [0.717, 1.165) is 5.39 Å². The lowest BCUT2D eigenvalue weighted by Crippen LogP contribution is -2.19. The standard InChI is InChI=1S/C18H19N3O3/c1-18(2,3)15-10-16(21-24-15)20-17(23)19-13-8-4-7-12-11(13)6-5-9-14(12)22/h4-10,22H,1-3H3,(H2,19,20,21,23). The highest BCUT2D eigenvalue weighted by molar-refractivity contribution is 6.07. The Balaban J connectivity index is 1.78. The van der Waals surface area contributed by atoms with Crippen LogP contribution in [0.4, 0.5) is 16.3 Å². The van der Waals surface area contributed by atoms with Crippen molar-refractivity contribution in [3.05, 3.63) is 48.2 Å². The Morgan fingerprint density at radius 3 is 2.50 bits per heavy atom. The van der Waals surface area contributed by atoms with Crippen molar-refractivity contribution in [2.45, 2.75) is 26.2 Å². The number of anilines is 2. The van der Waals surface area contributed by atoms with Crippen molar-refractivity contribution in [3.8, 4) is 5.75 Å². The molecule has 0 unspecified atom stereocenters. The minimum Gasteiger partial charge on any atom is -0.507 e. The molecule has 124 valence electrons. The number of nitrogens with zero attached hydrogens (tertiary/aromatic N) is 1. The van der Waals surface area contributed by atoms with Gasteiger partial charge in [0.15, 0.2) is 5.82 Å². The average Bonchev–Trinajstić information content (AvgIpc) is 2.97. The van der Waals surface area contributed by atoms with Gasteiger partial charge in [0.25, 0.3) is 0 Å². The summed E-state index contributed by atoms with van der Waals surface area (Å²) in [6.07, 6.45) is 0. The number of phenols is 1. The van der Waals surface area contributed by atoms with E-state index in [1.165, 1.54) is 0 Å². The number of nitrogens with one attached hydrogen (secondary N) is 2. The Bertz CT molecular complexity index is 894. The van der Waals surface area contributed by atoms with E-state index in [2.05, 4.69) is 15.8 Å². The number of rotatable bonds is 2. The summed E-state index contributed by atoms with van der Waals surface area (Å²) in [5, 5.41) is 20.6. The van der Waals surface area contributed by atoms with E-state index in [9.17, 15) is 9.90 Å². The molecular weight excluding hydrogens is 306 g/mol. The van der Waals surface area contributed by atoms with Crippen molar-refractivity contribution in [2.75, 3.05) is 10.6 Å². The summed E-state index contributed by atoms with van der Waals surface area (Å²) < 4.78 is 5.24. The molecule has 0 saturated heterocycles. The number of carbonyl (C=O) groups is 1. The molecule has 0 saturated carbocycles. The molecule has 3 rings (SSSR count). The summed E-state index contributed by atoms with van der Waals surface area (Å²) >= 11 is 0. The van der Waals surface area contributed by atoms with Crippen molar-refractivity contribution in [3.63, 3.8) is 0 Å². The highest BCUT2D eigenvalue weighted by Gasteiger charge is 2.20. The number of aromatic hydroxyl groups is 1. The van der Waals surface area contributed by atoms with Gasteiger partial charge in [-0.3, -0.25) is 5.32 Å². The topological polar surface area (TPSA) is 87.4 Å². The van der Waals surface area contributed by atoms with Crippen molar-refractivity contribution < 1.29 is 14.4 Å². The molecule has 1 heterocycles. The van der Waals surface area contributed by atoms with Crippen LogP contribution >= 0.6 is 0 Å². The molecule has 3 aromatic rings. The summed E-state index contributed by atoms with van der Waals surface area (Å²) in [4.78, 5) is 12.2. The predicted octanol–water partition coefficient (Wildman–Crippen LogP) is 4.47. The zero-order valence-corrected chi connectivity index (χ0v) is 13.8. The number of phenolic OH excluding ortho intramolecular Hbond substituents is 1. The molecule has 0 aliphatic heterocycles. The minimum absolute atomic E-state index is 0.169. The zero-order valence-electron chi connectivity index (χ0n) is 13.8. The minimum atomic E-state index is -0.431. The van der Waals surface area contributed by atoms with Crippen LogP contribution in [0.3, 0.4) is 0 Å². The van der Waals surface area contributed by atoms with Crippen LogP contribution in [-0.4, -0.2) is 16.3 Å². The summed E-state index contributed by atoms with van der Waals surface area (Å²) in [6.45, 7) is 6.00. The van der Waals surface area contributed by atoms with Crippen LogP contribution in [-0.2, 0) is 5.41 Å². The van der Waals surface area contributed by atoms with E-state index in [4.69, 9.17) is 4.52 Å². The number of urea groups is 1. The predicted molar refractivity (Wildman–Crippen MR) is 93.5 cm³/mol. The lowest BCUT2D eigenvalue weighted by Gasteiger charge is -2.12. The highest BCUT2D eigenvalue weighted by Crippen LogP contribution is 2.30. The maximum Gasteiger partial charge on any atom is 0.324 e. The monoisotopic (exact) mass is 325 g/mol. The smallest absolute Gasteiger partial charge is 0.324 e. The molecule has 3 N–H and O–H groups in total. The van der Waals surface area contributed by atoms with Crippen molar-refractivity contribution >= 4 is 28.3 Å². The molecule has 1 aromatic heterocycles. The fourth-order valence-corrected chi connectivity index (χ4v) is 2.36. The number of hydrogen-bond donors (Lipinski definition) is 3. The van der Waals surface area contributed by atoms with Gasteiger partial charge in [0, 0.05) is 22.3 Å². The second-order valence-corrected chi connectivity index (χ2v) is 6.58. The van der Waals surface area contributed by atoms with Gasteiger partial charge < -0.3 is 14.9 Å². The molecule has 0 bridgehead atoms. The number of carbonyl (C=O) groups excluding carboxylic acids is 1. The van der Waals surface area contributed by atoms with Crippen molar-refractivity contribution in [1.82, 2.24) is 5.16 Å². The molecule has 0 fully saturated rings. The third kappa shape index (κ3) is 3.17. The van der Waals surface area contributed by atoms with Crippen LogP contribution in [0.2, 0.25) is 0 Å². The van der Waals surface area contributed by atoms with Crippen molar-refractivity contribution in [2.24, 2.45) is 0 Å². The largest absolute Gasteiger partial charge is 0.507 e.